The molecule has 0 aliphatic heterocycles. The van der Waals surface area contributed by atoms with Crippen LogP contribution >= 0.6 is 35.0 Å². The molecule has 0 saturated carbocycles. The molecule has 1 N–H and O–H groups in total. The number of amides is 1. The zero-order valence-corrected chi connectivity index (χ0v) is 19.8. The minimum atomic E-state index is -0.112. The summed E-state index contributed by atoms with van der Waals surface area (Å²) < 4.78 is 1.90. The fourth-order valence-corrected chi connectivity index (χ4v) is 4.27. The number of aryl methyl sites for hydroxylation is 1. The summed E-state index contributed by atoms with van der Waals surface area (Å²) in [6.07, 6.45) is 0. The van der Waals surface area contributed by atoms with Gasteiger partial charge in [-0.2, -0.15) is 0 Å². The number of hydrogen-bond acceptors (Lipinski definition) is 4. The molecule has 1 aromatic heterocycles. The van der Waals surface area contributed by atoms with E-state index in [1.807, 2.05) is 66.9 Å². The Morgan fingerprint density at radius 3 is 2.47 bits per heavy atom. The number of carbonyl (C=O) groups excluding carboxylic acids is 1. The van der Waals surface area contributed by atoms with Gasteiger partial charge in [0.1, 0.15) is 0 Å². The predicted molar refractivity (Wildman–Crippen MR) is 132 cm³/mol. The topological polar surface area (TPSA) is 59.8 Å². The number of halogens is 2. The highest BCUT2D eigenvalue weighted by molar-refractivity contribution is 7.99. The van der Waals surface area contributed by atoms with E-state index in [1.54, 1.807) is 18.2 Å². The van der Waals surface area contributed by atoms with E-state index < -0.39 is 0 Å². The Morgan fingerprint density at radius 1 is 0.969 bits per heavy atom. The molecule has 0 unspecified atom stereocenters. The quantitative estimate of drug-likeness (QED) is 0.315. The van der Waals surface area contributed by atoms with Crippen LogP contribution in [0.25, 0.3) is 17.1 Å². The standard InChI is InChI=1S/C24H20Cl2N4OS/c1-15-5-3-8-21(16(15)2)27-22(31)14-32-24-29-28-23(17-6-4-7-19(26)13-17)30(24)20-11-9-18(25)10-12-20/h3-13H,14H2,1-2H3,(H,27,31). The summed E-state index contributed by atoms with van der Waals surface area (Å²) in [4.78, 5) is 12.6. The number of thioether (sulfide) groups is 1. The van der Waals surface area contributed by atoms with Gasteiger partial charge in [-0.15, -0.1) is 10.2 Å². The first-order valence-corrected chi connectivity index (χ1v) is 11.6. The van der Waals surface area contributed by atoms with Crippen LogP contribution in [0.3, 0.4) is 0 Å². The fraction of sp³-hybridized carbons (Fsp3) is 0.125. The van der Waals surface area contributed by atoms with Crippen molar-refractivity contribution in [3.63, 3.8) is 0 Å². The van der Waals surface area contributed by atoms with Gasteiger partial charge in [-0.1, -0.05) is 59.2 Å². The summed E-state index contributed by atoms with van der Waals surface area (Å²) in [5.41, 5.74) is 4.66. The lowest BCUT2D eigenvalue weighted by Crippen LogP contribution is -2.15. The number of aromatic nitrogens is 3. The van der Waals surface area contributed by atoms with Gasteiger partial charge in [-0.25, -0.2) is 0 Å². The predicted octanol–water partition coefficient (Wildman–Crippen LogP) is 6.59. The van der Waals surface area contributed by atoms with Crippen LogP contribution < -0.4 is 5.32 Å². The second-order valence-corrected chi connectivity index (χ2v) is 9.03. The molecule has 4 aromatic rings. The highest BCUT2D eigenvalue weighted by atomic mass is 35.5. The summed E-state index contributed by atoms with van der Waals surface area (Å²) >= 11 is 13.6. The van der Waals surface area contributed by atoms with E-state index in [0.717, 1.165) is 28.1 Å². The molecule has 1 amide bonds. The average molecular weight is 483 g/mol. The molecule has 5 nitrogen and oxygen atoms in total. The second-order valence-electron chi connectivity index (χ2n) is 7.21. The van der Waals surface area contributed by atoms with E-state index in [2.05, 4.69) is 15.5 Å². The molecule has 0 fully saturated rings. The van der Waals surface area contributed by atoms with Crippen molar-refractivity contribution in [2.24, 2.45) is 0 Å². The third-order valence-corrected chi connectivity index (χ3v) is 6.43. The van der Waals surface area contributed by atoms with Crippen molar-refractivity contribution < 1.29 is 4.79 Å². The molecule has 0 bridgehead atoms. The summed E-state index contributed by atoms with van der Waals surface area (Å²) in [5, 5.41) is 13.6. The summed E-state index contributed by atoms with van der Waals surface area (Å²) in [6, 6.07) is 20.7. The van der Waals surface area contributed by atoms with Gasteiger partial charge >= 0.3 is 0 Å². The maximum atomic E-state index is 12.6. The Kier molecular flexibility index (Phi) is 6.84. The Balaban J connectivity index is 1.61. The Bertz CT molecular complexity index is 1270. The maximum absolute atomic E-state index is 12.6. The smallest absolute Gasteiger partial charge is 0.234 e. The van der Waals surface area contributed by atoms with Crippen molar-refractivity contribution in [3.05, 3.63) is 87.9 Å². The highest BCUT2D eigenvalue weighted by Crippen LogP contribution is 2.30. The van der Waals surface area contributed by atoms with E-state index >= 15 is 0 Å². The SMILES string of the molecule is Cc1cccc(NC(=O)CSc2nnc(-c3cccc(Cl)c3)n2-c2ccc(Cl)cc2)c1C. The van der Waals surface area contributed by atoms with Gasteiger partial charge in [0.15, 0.2) is 11.0 Å². The number of nitrogens with zero attached hydrogens (tertiary/aromatic N) is 3. The zero-order chi connectivity index (χ0) is 22.7. The minimum Gasteiger partial charge on any atom is -0.325 e. The van der Waals surface area contributed by atoms with Crippen LogP contribution in [0.15, 0.2) is 71.9 Å². The van der Waals surface area contributed by atoms with Crippen LogP contribution in [0.5, 0.6) is 0 Å². The number of rotatable bonds is 6. The summed E-state index contributed by atoms with van der Waals surface area (Å²) in [7, 11) is 0. The summed E-state index contributed by atoms with van der Waals surface area (Å²) in [6.45, 7) is 4.01. The fourth-order valence-electron chi connectivity index (χ4n) is 3.20. The Hall–Kier alpha value is -2.80. The molecule has 0 aliphatic rings. The molecule has 32 heavy (non-hydrogen) atoms. The van der Waals surface area contributed by atoms with E-state index in [9.17, 15) is 4.79 Å². The first-order chi connectivity index (χ1) is 15.4. The van der Waals surface area contributed by atoms with E-state index in [4.69, 9.17) is 23.2 Å². The molecule has 8 heteroatoms. The molecule has 3 aromatic carbocycles. The molecule has 162 valence electrons. The Labute approximate surface area is 200 Å². The van der Waals surface area contributed by atoms with Crippen LogP contribution in [-0.2, 0) is 4.79 Å². The lowest BCUT2D eigenvalue weighted by Gasteiger charge is -2.12. The maximum Gasteiger partial charge on any atom is 0.234 e. The van der Waals surface area contributed by atoms with Crippen molar-refractivity contribution in [2.45, 2.75) is 19.0 Å². The van der Waals surface area contributed by atoms with Crippen molar-refractivity contribution in [1.29, 1.82) is 0 Å². The minimum absolute atomic E-state index is 0.112. The molecule has 0 atom stereocenters. The van der Waals surface area contributed by atoms with E-state index in [-0.39, 0.29) is 11.7 Å². The van der Waals surface area contributed by atoms with Crippen LogP contribution in [-0.4, -0.2) is 26.4 Å². The molecular formula is C24H20Cl2N4OS. The third-order valence-electron chi connectivity index (χ3n) is 5.01. The second kappa shape index (κ2) is 9.77. The van der Waals surface area contributed by atoms with Gasteiger partial charge in [0.05, 0.1) is 5.75 Å². The van der Waals surface area contributed by atoms with Gasteiger partial charge in [0.2, 0.25) is 5.91 Å². The molecule has 1 heterocycles. The van der Waals surface area contributed by atoms with Crippen molar-refractivity contribution >= 4 is 46.6 Å². The zero-order valence-electron chi connectivity index (χ0n) is 17.5. The van der Waals surface area contributed by atoms with Crippen LogP contribution in [0.1, 0.15) is 11.1 Å². The number of hydrogen-bond donors (Lipinski definition) is 1. The molecule has 4 rings (SSSR count). The first kappa shape index (κ1) is 22.4. The molecule has 0 radical (unpaired) electrons. The van der Waals surface area contributed by atoms with Crippen LogP contribution in [0.4, 0.5) is 5.69 Å². The van der Waals surface area contributed by atoms with Gasteiger partial charge in [-0.05, 0) is 67.4 Å². The van der Waals surface area contributed by atoms with Crippen molar-refractivity contribution in [2.75, 3.05) is 11.1 Å². The van der Waals surface area contributed by atoms with Crippen molar-refractivity contribution in [3.8, 4) is 17.1 Å². The normalized spacial score (nSPS) is 10.9. The van der Waals surface area contributed by atoms with E-state index in [0.29, 0.717) is 21.0 Å². The first-order valence-electron chi connectivity index (χ1n) is 9.88. The Morgan fingerprint density at radius 2 is 1.72 bits per heavy atom. The van der Waals surface area contributed by atoms with Gasteiger partial charge in [0.25, 0.3) is 0 Å². The molecule has 0 aliphatic carbocycles. The highest BCUT2D eigenvalue weighted by Gasteiger charge is 2.18. The molecular weight excluding hydrogens is 463 g/mol. The molecule has 0 saturated heterocycles. The lowest BCUT2D eigenvalue weighted by molar-refractivity contribution is -0.113. The van der Waals surface area contributed by atoms with Gasteiger partial charge in [0, 0.05) is 27.0 Å². The monoisotopic (exact) mass is 482 g/mol. The number of anilines is 1. The third kappa shape index (κ3) is 4.99. The summed E-state index contributed by atoms with van der Waals surface area (Å²) in [5.74, 6) is 0.709. The van der Waals surface area contributed by atoms with Gasteiger partial charge in [-0.3, -0.25) is 9.36 Å². The van der Waals surface area contributed by atoms with Crippen LogP contribution in [0, 0.1) is 13.8 Å². The largest absolute Gasteiger partial charge is 0.325 e. The van der Waals surface area contributed by atoms with Crippen molar-refractivity contribution in [1.82, 2.24) is 14.8 Å². The number of nitrogens with one attached hydrogen (secondary N) is 1. The number of benzene rings is 3. The lowest BCUT2D eigenvalue weighted by atomic mass is 10.1. The number of carbonyl (C=O) groups is 1. The van der Waals surface area contributed by atoms with Crippen LogP contribution in [0.2, 0.25) is 10.0 Å². The van der Waals surface area contributed by atoms with Gasteiger partial charge < -0.3 is 5.32 Å². The average Bonchev–Trinajstić information content (AvgIpc) is 3.20. The van der Waals surface area contributed by atoms with E-state index in [1.165, 1.54) is 11.8 Å². The molecule has 0 spiro atoms.